The monoisotopic (exact) mass is 140 g/mol. The van der Waals surface area contributed by atoms with Crippen molar-refractivity contribution in [2.24, 2.45) is 0 Å². The number of esters is 1. The molecule has 0 aromatic carbocycles. The molecule has 0 aromatic rings. The van der Waals surface area contributed by atoms with Gasteiger partial charge in [0, 0.05) is 6.08 Å². The highest BCUT2D eigenvalue weighted by Crippen LogP contribution is 2.37. The predicted octanol–water partition coefficient (Wildman–Crippen LogP) is 0.447. The molecule has 1 aliphatic rings. The van der Waals surface area contributed by atoms with Crippen molar-refractivity contribution in [3.05, 3.63) is 12.7 Å². The zero-order chi connectivity index (χ0) is 7.61. The molecule has 0 radical (unpaired) electrons. The SMILES string of the molecule is C=CC(=O)OC1(C=O)CC1. The summed E-state index contributed by atoms with van der Waals surface area (Å²) < 4.78 is 4.72. The van der Waals surface area contributed by atoms with Crippen LogP contribution in [0.1, 0.15) is 12.8 Å². The summed E-state index contributed by atoms with van der Waals surface area (Å²) >= 11 is 0. The Balaban J connectivity index is 2.44. The minimum Gasteiger partial charge on any atom is -0.448 e. The molecule has 54 valence electrons. The lowest BCUT2D eigenvalue weighted by molar-refractivity contribution is -0.148. The molecule has 10 heavy (non-hydrogen) atoms. The first kappa shape index (κ1) is 6.99. The zero-order valence-electron chi connectivity index (χ0n) is 5.50. The highest BCUT2D eigenvalue weighted by molar-refractivity contribution is 5.84. The van der Waals surface area contributed by atoms with Gasteiger partial charge in [0.25, 0.3) is 0 Å². The van der Waals surface area contributed by atoms with Crippen molar-refractivity contribution in [1.82, 2.24) is 0 Å². The van der Waals surface area contributed by atoms with Crippen LogP contribution in [0.25, 0.3) is 0 Å². The minimum atomic E-state index is -0.786. The average Bonchev–Trinajstić information content (AvgIpc) is 2.70. The van der Waals surface area contributed by atoms with Gasteiger partial charge in [-0.2, -0.15) is 0 Å². The molecule has 0 aliphatic heterocycles. The summed E-state index contributed by atoms with van der Waals surface area (Å²) in [5.41, 5.74) is -0.786. The molecule has 0 atom stereocenters. The van der Waals surface area contributed by atoms with Gasteiger partial charge >= 0.3 is 5.97 Å². The van der Waals surface area contributed by atoms with Crippen LogP contribution in [0, 0.1) is 0 Å². The van der Waals surface area contributed by atoms with Gasteiger partial charge in [0.15, 0.2) is 11.9 Å². The van der Waals surface area contributed by atoms with Gasteiger partial charge in [-0.05, 0) is 12.8 Å². The van der Waals surface area contributed by atoms with E-state index in [1.807, 2.05) is 0 Å². The van der Waals surface area contributed by atoms with Crippen LogP contribution in [0.5, 0.6) is 0 Å². The lowest BCUT2D eigenvalue weighted by Crippen LogP contribution is -2.19. The number of hydrogen-bond acceptors (Lipinski definition) is 3. The first-order valence-electron chi connectivity index (χ1n) is 3.04. The fourth-order valence-corrected chi connectivity index (χ4v) is 0.609. The Morgan fingerprint density at radius 1 is 1.60 bits per heavy atom. The van der Waals surface area contributed by atoms with E-state index in [4.69, 9.17) is 4.74 Å². The molecule has 1 aliphatic carbocycles. The van der Waals surface area contributed by atoms with E-state index in [0.717, 1.165) is 6.08 Å². The van der Waals surface area contributed by atoms with E-state index in [1.54, 1.807) is 0 Å². The summed E-state index contributed by atoms with van der Waals surface area (Å²) in [7, 11) is 0. The number of rotatable bonds is 3. The van der Waals surface area contributed by atoms with Gasteiger partial charge in [0.05, 0.1) is 0 Å². The van der Waals surface area contributed by atoms with Crippen molar-refractivity contribution < 1.29 is 14.3 Å². The molecule has 0 unspecified atom stereocenters. The van der Waals surface area contributed by atoms with E-state index in [2.05, 4.69) is 6.58 Å². The smallest absolute Gasteiger partial charge is 0.331 e. The molecule has 0 spiro atoms. The number of carbonyl (C=O) groups is 2. The lowest BCUT2D eigenvalue weighted by Gasteiger charge is -2.05. The molecular weight excluding hydrogens is 132 g/mol. The third kappa shape index (κ3) is 1.23. The molecule has 1 saturated carbocycles. The summed E-state index contributed by atoms with van der Waals surface area (Å²) in [6.45, 7) is 3.22. The van der Waals surface area contributed by atoms with E-state index in [1.165, 1.54) is 0 Å². The number of aldehydes is 1. The van der Waals surface area contributed by atoms with Gasteiger partial charge in [0.2, 0.25) is 0 Å². The van der Waals surface area contributed by atoms with E-state index < -0.39 is 11.6 Å². The van der Waals surface area contributed by atoms with Crippen LogP contribution >= 0.6 is 0 Å². The largest absolute Gasteiger partial charge is 0.448 e. The van der Waals surface area contributed by atoms with Crippen LogP contribution in [0.4, 0.5) is 0 Å². The van der Waals surface area contributed by atoms with Crippen molar-refractivity contribution in [3.63, 3.8) is 0 Å². The van der Waals surface area contributed by atoms with Crippen LogP contribution in [-0.4, -0.2) is 17.9 Å². The Kier molecular flexibility index (Phi) is 1.57. The summed E-state index contributed by atoms with van der Waals surface area (Å²) in [6.07, 6.45) is 3.03. The van der Waals surface area contributed by atoms with Crippen molar-refractivity contribution in [1.29, 1.82) is 0 Å². The molecule has 3 heteroatoms. The maximum Gasteiger partial charge on any atom is 0.331 e. The zero-order valence-corrected chi connectivity index (χ0v) is 5.50. The van der Waals surface area contributed by atoms with E-state index in [-0.39, 0.29) is 0 Å². The molecule has 1 fully saturated rings. The Hall–Kier alpha value is -1.12. The Morgan fingerprint density at radius 3 is 2.50 bits per heavy atom. The van der Waals surface area contributed by atoms with Gasteiger partial charge < -0.3 is 4.74 Å². The van der Waals surface area contributed by atoms with Gasteiger partial charge in [-0.3, -0.25) is 4.79 Å². The highest BCUT2D eigenvalue weighted by atomic mass is 16.6. The van der Waals surface area contributed by atoms with Gasteiger partial charge in [-0.15, -0.1) is 0 Å². The lowest BCUT2D eigenvalue weighted by atomic mass is 10.4. The Labute approximate surface area is 58.7 Å². The number of hydrogen-bond donors (Lipinski definition) is 0. The normalized spacial score (nSPS) is 19.2. The van der Waals surface area contributed by atoms with E-state index >= 15 is 0 Å². The van der Waals surface area contributed by atoms with Gasteiger partial charge in [-0.25, -0.2) is 4.79 Å². The maximum absolute atomic E-state index is 10.5. The second-order valence-corrected chi connectivity index (χ2v) is 2.31. The second-order valence-electron chi connectivity index (χ2n) is 2.31. The van der Waals surface area contributed by atoms with Crippen LogP contribution in [0.15, 0.2) is 12.7 Å². The molecule has 0 saturated heterocycles. The van der Waals surface area contributed by atoms with Crippen LogP contribution < -0.4 is 0 Å². The highest BCUT2D eigenvalue weighted by Gasteiger charge is 2.46. The standard InChI is InChI=1S/C7H8O3/c1-2-6(9)10-7(5-8)3-4-7/h2,5H,1,3-4H2. The van der Waals surface area contributed by atoms with Crippen molar-refractivity contribution >= 4 is 12.3 Å². The predicted molar refractivity (Wildman–Crippen MR) is 34.3 cm³/mol. The van der Waals surface area contributed by atoms with Crippen molar-refractivity contribution in [3.8, 4) is 0 Å². The molecule has 0 heterocycles. The molecule has 0 N–H and O–H groups in total. The molecule has 3 nitrogen and oxygen atoms in total. The van der Waals surface area contributed by atoms with Crippen LogP contribution in [0.3, 0.4) is 0 Å². The summed E-state index contributed by atoms with van der Waals surface area (Å²) in [5, 5.41) is 0. The summed E-state index contributed by atoms with van der Waals surface area (Å²) in [5.74, 6) is -0.524. The molecule has 1 rings (SSSR count). The Morgan fingerprint density at radius 2 is 2.20 bits per heavy atom. The first-order chi connectivity index (χ1) is 4.72. The minimum absolute atomic E-state index is 0.524. The van der Waals surface area contributed by atoms with Crippen molar-refractivity contribution in [2.45, 2.75) is 18.4 Å². The third-order valence-corrected chi connectivity index (χ3v) is 1.43. The average molecular weight is 140 g/mol. The summed E-state index contributed by atoms with van der Waals surface area (Å²) in [6, 6.07) is 0. The van der Waals surface area contributed by atoms with Gasteiger partial charge in [0.1, 0.15) is 0 Å². The van der Waals surface area contributed by atoms with Crippen LogP contribution in [-0.2, 0) is 14.3 Å². The number of ether oxygens (including phenoxy) is 1. The van der Waals surface area contributed by atoms with Crippen molar-refractivity contribution in [2.75, 3.05) is 0 Å². The molecular formula is C7H8O3. The summed E-state index contributed by atoms with van der Waals surface area (Å²) in [4.78, 5) is 20.8. The first-order valence-corrected chi connectivity index (χ1v) is 3.04. The molecule has 0 aromatic heterocycles. The Bertz CT molecular complexity index is 179. The molecule has 0 amide bonds. The van der Waals surface area contributed by atoms with E-state index in [9.17, 15) is 9.59 Å². The topological polar surface area (TPSA) is 43.4 Å². The fourth-order valence-electron chi connectivity index (χ4n) is 0.609. The third-order valence-electron chi connectivity index (χ3n) is 1.43. The maximum atomic E-state index is 10.5. The van der Waals surface area contributed by atoms with E-state index in [0.29, 0.717) is 19.1 Å². The fraction of sp³-hybridized carbons (Fsp3) is 0.429. The quantitative estimate of drug-likeness (QED) is 0.324. The second kappa shape index (κ2) is 2.25. The number of carbonyl (C=O) groups excluding carboxylic acids is 2. The molecule has 0 bridgehead atoms. The van der Waals surface area contributed by atoms with Crippen LogP contribution in [0.2, 0.25) is 0 Å². The van der Waals surface area contributed by atoms with Gasteiger partial charge in [-0.1, -0.05) is 6.58 Å².